The molecule has 1 amide bonds. The molecule has 1 aromatic heterocycles. The number of ether oxygens (including phenoxy) is 2. The molecule has 0 radical (unpaired) electrons. The van der Waals surface area contributed by atoms with Crippen LogP contribution in [0.1, 0.15) is 31.0 Å². The van der Waals surface area contributed by atoms with Gasteiger partial charge in [0, 0.05) is 23.6 Å². The molecule has 1 fully saturated rings. The predicted octanol–water partition coefficient (Wildman–Crippen LogP) is 4.50. The summed E-state index contributed by atoms with van der Waals surface area (Å²) in [6, 6.07) is 16.3. The standard InChI is InChI=1S/C26H24N2O5/c1-16(2)33-21-6-4-5-18(15-21)24(29)22-23(17-11-13-27-14-12-17)28(26(31)25(22)30)19-7-9-20(32-3)10-8-19/h4-16,23,29H,1-3H3/b24-22-. The fraction of sp³-hybridized carbons (Fsp3) is 0.192. The van der Waals surface area contributed by atoms with E-state index in [1.54, 1.807) is 80.2 Å². The van der Waals surface area contributed by atoms with E-state index in [2.05, 4.69) is 4.98 Å². The summed E-state index contributed by atoms with van der Waals surface area (Å²) in [6.07, 6.45) is 3.11. The maximum absolute atomic E-state index is 13.2. The molecule has 0 spiro atoms. The number of benzene rings is 2. The highest BCUT2D eigenvalue weighted by Crippen LogP contribution is 2.42. The van der Waals surface area contributed by atoms with Gasteiger partial charge in [-0.05, 0) is 67.9 Å². The number of aliphatic hydroxyl groups excluding tert-OH is 1. The molecular formula is C26H24N2O5. The molecule has 2 heterocycles. The molecule has 0 aliphatic carbocycles. The largest absolute Gasteiger partial charge is 0.507 e. The molecule has 1 saturated heterocycles. The van der Waals surface area contributed by atoms with E-state index in [-0.39, 0.29) is 17.4 Å². The second kappa shape index (κ2) is 9.16. The van der Waals surface area contributed by atoms with E-state index < -0.39 is 17.7 Å². The van der Waals surface area contributed by atoms with Crippen LogP contribution in [0.2, 0.25) is 0 Å². The van der Waals surface area contributed by atoms with Crippen LogP contribution in [-0.2, 0) is 9.59 Å². The van der Waals surface area contributed by atoms with Crippen molar-refractivity contribution in [1.82, 2.24) is 4.98 Å². The minimum Gasteiger partial charge on any atom is -0.507 e. The van der Waals surface area contributed by atoms with E-state index in [9.17, 15) is 14.7 Å². The first-order valence-corrected chi connectivity index (χ1v) is 10.5. The minimum absolute atomic E-state index is 0.00344. The van der Waals surface area contributed by atoms with Crippen LogP contribution in [0.5, 0.6) is 11.5 Å². The number of pyridine rings is 1. The molecule has 1 aliphatic rings. The van der Waals surface area contributed by atoms with Crippen molar-refractivity contribution in [3.8, 4) is 11.5 Å². The summed E-state index contributed by atoms with van der Waals surface area (Å²) in [5, 5.41) is 11.2. The molecular weight excluding hydrogens is 420 g/mol. The van der Waals surface area contributed by atoms with Crippen molar-refractivity contribution in [2.45, 2.75) is 26.0 Å². The summed E-state index contributed by atoms with van der Waals surface area (Å²) in [5.41, 5.74) is 1.55. The number of Topliss-reactive ketones (excluding diaryl/α,β-unsaturated/α-hetero) is 1. The zero-order valence-corrected chi connectivity index (χ0v) is 18.6. The Labute approximate surface area is 191 Å². The Morgan fingerprint density at radius 1 is 1.00 bits per heavy atom. The van der Waals surface area contributed by atoms with Gasteiger partial charge in [-0.2, -0.15) is 0 Å². The fourth-order valence-electron chi connectivity index (χ4n) is 3.85. The van der Waals surface area contributed by atoms with Crippen LogP contribution in [-0.4, -0.2) is 35.0 Å². The number of hydrogen-bond acceptors (Lipinski definition) is 6. The van der Waals surface area contributed by atoms with Crippen molar-refractivity contribution in [2.24, 2.45) is 0 Å². The number of ketones is 1. The van der Waals surface area contributed by atoms with Crippen LogP contribution in [0.15, 0.2) is 78.6 Å². The quantitative estimate of drug-likeness (QED) is 0.342. The lowest BCUT2D eigenvalue weighted by atomic mass is 9.95. The zero-order chi connectivity index (χ0) is 23.5. The van der Waals surface area contributed by atoms with Gasteiger partial charge in [0.15, 0.2) is 0 Å². The molecule has 4 rings (SSSR count). The van der Waals surface area contributed by atoms with Crippen LogP contribution in [0.4, 0.5) is 5.69 Å². The Bertz CT molecular complexity index is 1200. The molecule has 7 nitrogen and oxygen atoms in total. The summed E-state index contributed by atoms with van der Waals surface area (Å²) in [6.45, 7) is 3.80. The van der Waals surface area contributed by atoms with Crippen LogP contribution in [0, 0.1) is 0 Å². The van der Waals surface area contributed by atoms with Gasteiger partial charge in [-0.15, -0.1) is 0 Å². The third-order valence-electron chi connectivity index (χ3n) is 5.30. The van der Waals surface area contributed by atoms with Gasteiger partial charge in [0.2, 0.25) is 0 Å². The Morgan fingerprint density at radius 3 is 2.33 bits per heavy atom. The molecule has 1 aliphatic heterocycles. The molecule has 1 N–H and O–H groups in total. The number of carbonyl (C=O) groups is 2. The van der Waals surface area contributed by atoms with Crippen molar-refractivity contribution in [3.63, 3.8) is 0 Å². The smallest absolute Gasteiger partial charge is 0.300 e. The van der Waals surface area contributed by atoms with Gasteiger partial charge >= 0.3 is 0 Å². The zero-order valence-electron chi connectivity index (χ0n) is 18.6. The number of aliphatic hydroxyl groups is 1. The molecule has 33 heavy (non-hydrogen) atoms. The molecule has 0 bridgehead atoms. The number of aromatic nitrogens is 1. The molecule has 1 atom stereocenters. The van der Waals surface area contributed by atoms with E-state index in [1.165, 1.54) is 4.90 Å². The number of methoxy groups -OCH3 is 1. The minimum atomic E-state index is -0.823. The maximum atomic E-state index is 13.2. The molecule has 2 aromatic carbocycles. The SMILES string of the molecule is COc1ccc(N2C(=O)C(=O)/C(=C(\O)c3cccc(OC(C)C)c3)C2c2ccncc2)cc1. The second-order valence-electron chi connectivity index (χ2n) is 7.84. The van der Waals surface area contributed by atoms with Crippen molar-refractivity contribution >= 4 is 23.1 Å². The molecule has 168 valence electrons. The summed E-state index contributed by atoms with van der Waals surface area (Å²) in [4.78, 5) is 31.8. The third kappa shape index (κ3) is 4.30. The predicted molar refractivity (Wildman–Crippen MR) is 124 cm³/mol. The highest BCUT2D eigenvalue weighted by molar-refractivity contribution is 6.51. The summed E-state index contributed by atoms with van der Waals surface area (Å²) in [7, 11) is 1.55. The van der Waals surface area contributed by atoms with Gasteiger partial charge in [0.25, 0.3) is 11.7 Å². The average Bonchev–Trinajstić information content (AvgIpc) is 3.09. The number of rotatable bonds is 6. The van der Waals surface area contributed by atoms with Crippen LogP contribution in [0.25, 0.3) is 5.76 Å². The first kappa shape index (κ1) is 22.1. The normalized spacial score (nSPS) is 17.5. The number of carbonyl (C=O) groups excluding carboxylic acids is 2. The first-order chi connectivity index (χ1) is 15.9. The number of amides is 1. The first-order valence-electron chi connectivity index (χ1n) is 10.5. The van der Waals surface area contributed by atoms with Crippen LogP contribution >= 0.6 is 0 Å². The van der Waals surface area contributed by atoms with Gasteiger partial charge in [0.05, 0.1) is 24.8 Å². The topological polar surface area (TPSA) is 89.0 Å². The lowest BCUT2D eigenvalue weighted by molar-refractivity contribution is -0.132. The van der Waals surface area contributed by atoms with Crippen LogP contribution < -0.4 is 14.4 Å². The third-order valence-corrected chi connectivity index (χ3v) is 5.30. The summed E-state index contributed by atoms with van der Waals surface area (Å²) in [5.74, 6) is -0.574. The maximum Gasteiger partial charge on any atom is 0.300 e. The van der Waals surface area contributed by atoms with E-state index in [1.807, 2.05) is 13.8 Å². The Kier molecular flexibility index (Phi) is 6.13. The summed E-state index contributed by atoms with van der Waals surface area (Å²) >= 11 is 0. The van der Waals surface area contributed by atoms with Gasteiger partial charge in [-0.25, -0.2) is 0 Å². The molecule has 3 aromatic rings. The monoisotopic (exact) mass is 444 g/mol. The number of hydrogen-bond donors (Lipinski definition) is 1. The van der Waals surface area contributed by atoms with Crippen molar-refractivity contribution in [1.29, 1.82) is 0 Å². The lowest BCUT2D eigenvalue weighted by Crippen LogP contribution is -2.29. The van der Waals surface area contributed by atoms with Crippen molar-refractivity contribution < 1.29 is 24.2 Å². The van der Waals surface area contributed by atoms with Gasteiger partial charge < -0.3 is 14.6 Å². The Balaban J connectivity index is 1.87. The second-order valence-corrected chi connectivity index (χ2v) is 7.84. The molecule has 0 saturated carbocycles. The van der Waals surface area contributed by atoms with Crippen LogP contribution in [0.3, 0.4) is 0 Å². The molecule has 1 unspecified atom stereocenters. The highest BCUT2D eigenvalue weighted by Gasteiger charge is 2.47. The van der Waals surface area contributed by atoms with E-state index in [0.717, 1.165) is 0 Å². The van der Waals surface area contributed by atoms with E-state index in [0.29, 0.717) is 28.3 Å². The van der Waals surface area contributed by atoms with E-state index >= 15 is 0 Å². The van der Waals surface area contributed by atoms with Gasteiger partial charge in [-0.3, -0.25) is 19.5 Å². The van der Waals surface area contributed by atoms with Gasteiger partial charge in [0.1, 0.15) is 17.3 Å². The van der Waals surface area contributed by atoms with E-state index in [4.69, 9.17) is 9.47 Å². The lowest BCUT2D eigenvalue weighted by Gasteiger charge is -2.25. The Hall–Kier alpha value is -4.13. The fourth-order valence-corrected chi connectivity index (χ4v) is 3.85. The van der Waals surface area contributed by atoms with Crippen molar-refractivity contribution in [2.75, 3.05) is 12.0 Å². The number of anilines is 1. The summed E-state index contributed by atoms with van der Waals surface area (Å²) < 4.78 is 10.9. The van der Waals surface area contributed by atoms with Gasteiger partial charge in [-0.1, -0.05) is 12.1 Å². The highest BCUT2D eigenvalue weighted by atomic mass is 16.5. The number of nitrogens with zero attached hydrogens (tertiary/aromatic N) is 2. The Morgan fingerprint density at radius 2 is 1.70 bits per heavy atom. The van der Waals surface area contributed by atoms with Crippen molar-refractivity contribution in [3.05, 3.63) is 89.8 Å². The molecule has 7 heteroatoms. The average molecular weight is 444 g/mol.